The molecule has 29 heavy (non-hydrogen) atoms. The van der Waals surface area contributed by atoms with Crippen LogP contribution < -0.4 is 5.32 Å². The summed E-state index contributed by atoms with van der Waals surface area (Å²) in [4.78, 5) is 29.0. The van der Waals surface area contributed by atoms with E-state index in [1.807, 2.05) is 36.2 Å². The molecule has 1 N–H and O–H groups in total. The molecule has 1 amide bonds. The van der Waals surface area contributed by atoms with Gasteiger partial charge in [0.05, 0.1) is 12.2 Å². The molecule has 6 heteroatoms. The molecule has 0 aliphatic carbocycles. The smallest absolute Gasteiger partial charge is 0.250 e. The molecule has 3 heterocycles. The highest BCUT2D eigenvalue weighted by Crippen LogP contribution is 2.55. The van der Waals surface area contributed by atoms with Crippen LogP contribution in [0.4, 0.5) is 10.1 Å². The summed E-state index contributed by atoms with van der Waals surface area (Å²) in [6.45, 7) is 0.477. The number of likely N-dealkylation sites (N-methyl/N-ethyl adjacent to an activating group) is 1. The van der Waals surface area contributed by atoms with E-state index in [4.69, 9.17) is 4.42 Å². The number of fused-ring (bicyclic) bond motifs is 2. The third-order valence-electron chi connectivity index (χ3n) is 6.20. The van der Waals surface area contributed by atoms with Crippen LogP contribution in [0, 0.1) is 11.7 Å². The summed E-state index contributed by atoms with van der Waals surface area (Å²) in [5.41, 5.74) is 1.15. The second-order valence-corrected chi connectivity index (χ2v) is 7.62. The number of benzene rings is 2. The molecule has 5 nitrogen and oxygen atoms in total. The molecule has 0 radical (unpaired) electrons. The van der Waals surface area contributed by atoms with Crippen molar-refractivity contribution in [1.29, 1.82) is 0 Å². The molecule has 0 unspecified atom stereocenters. The summed E-state index contributed by atoms with van der Waals surface area (Å²) in [7, 11) is 1.85. The maximum atomic E-state index is 13.6. The summed E-state index contributed by atoms with van der Waals surface area (Å²) in [6.07, 6.45) is 1.45. The summed E-state index contributed by atoms with van der Waals surface area (Å²) in [5.74, 6) is -1.60. The lowest BCUT2D eigenvalue weighted by Gasteiger charge is -2.35. The molecule has 1 aromatic heterocycles. The van der Waals surface area contributed by atoms with E-state index in [9.17, 15) is 14.0 Å². The predicted molar refractivity (Wildman–Crippen MR) is 105 cm³/mol. The maximum Gasteiger partial charge on any atom is 0.250 e. The summed E-state index contributed by atoms with van der Waals surface area (Å²) >= 11 is 0. The van der Waals surface area contributed by atoms with Crippen LogP contribution in [0.3, 0.4) is 0 Å². The first-order chi connectivity index (χ1) is 14.0. The maximum absolute atomic E-state index is 13.6. The number of anilines is 1. The van der Waals surface area contributed by atoms with Gasteiger partial charge in [0.2, 0.25) is 11.7 Å². The molecule has 146 valence electrons. The van der Waals surface area contributed by atoms with Gasteiger partial charge in [-0.05, 0) is 42.9 Å². The molecule has 2 aromatic carbocycles. The SMILES string of the molecule is CN1C[C@H](c2ccc(F)cc2)[C@H](C(=O)c2ccco2)[C@@]12C(=O)Nc1ccccc12. The lowest BCUT2D eigenvalue weighted by molar-refractivity contribution is -0.126. The molecule has 1 fully saturated rings. The average molecular weight is 390 g/mol. The Morgan fingerprint density at radius 2 is 1.90 bits per heavy atom. The van der Waals surface area contributed by atoms with Gasteiger partial charge < -0.3 is 9.73 Å². The highest BCUT2D eigenvalue weighted by Gasteiger charge is 2.64. The third-order valence-corrected chi connectivity index (χ3v) is 6.20. The number of amides is 1. The molecular weight excluding hydrogens is 371 g/mol. The number of Topliss-reactive ketones (excluding diaryl/α,β-unsaturated/α-hetero) is 1. The van der Waals surface area contributed by atoms with Crippen LogP contribution in [0.15, 0.2) is 71.3 Å². The van der Waals surface area contributed by atoms with E-state index in [1.54, 1.807) is 24.3 Å². The first-order valence-electron chi connectivity index (χ1n) is 9.49. The van der Waals surface area contributed by atoms with Crippen molar-refractivity contribution in [2.24, 2.45) is 5.92 Å². The molecule has 3 atom stereocenters. The fourth-order valence-electron chi connectivity index (χ4n) is 4.98. The van der Waals surface area contributed by atoms with Gasteiger partial charge in [0.1, 0.15) is 11.4 Å². The average Bonchev–Trinajstić information content (AvgIpc) is 3.42. The number of ketones is 1. The van der Waals surface area contributed by atoms with Crippen molar-refractivity contribution >= 4 is 17.4 Å². The number of hydrogen-bond donors (Lipinski definition) is 1. The predicted octanol–water partition coefficient (Wildman–Crippen LogP) is 3.79. The lowest BCUT2D eigenvalue weighted by Crippen LogP contribution is -2.51. The molecule has 3 aromatic rings. The Kier molecular flexibility index (Phi) is 3.93. The van der Waals surface area contributed by atoms with E-state index >= 15 is 0 Å². The molecule has 5 rings (SSSR count). The Morgan fingerprint density at radius 3 is 2.62 bits per heavy atom. The van der Waals surface area contributed by atoms with E-state index in [2.05, 4.69) is 5.32 Å². The van der Waals surface area contributed by atoms with Gasteiger partial charge in [-0.25, -0.2) is 4.39 Å². The van der Waals surface area contributed by atoms with Crippen LogP contribution in [-0.4, -0.2) is 30.2 Å². The molecule has 2 aliphatic rings. The quantitative estimate of drug-likeness (QED) is 0.691. The Morgan fingerprint density at radius 1 is 1.14 bits per heavy atom. The zero-order valence-corrected chi connectivity index (χ0v) is 15.8. The Labute approximate surface area is 167 Å². The molecule has 0 saturated carbocycles. The van der Waals surface area contributed by atoms with Gasteiger partial charge >= 0.3 is 0 Å². The van der Waals surface area contributed by atoms with Crippen LogP contribution in [0.5, 0.6) is 0 Å². The Bertz CT molecular complexity index is 1090. The number of hydrogen-bond acceptors (Lipinski definition) is 4. The van der Waals surface area contributed by atoms with E-state index < -0.39 is 11.5 Å². The topological polar surface area (TPSA) is 62.6 Å². The Hall–Kier alpha value is -3.25. The number of para-hydroxylation sites is 1. The van der Waals surface area contributed by atoms with E-state index in [0.717, 1.165) is 11.1 Å². The summed E-state index contributed by atoms with van der Waals surface area (Å²) in [6, 6.07) is 16.9. The molecule has 0 bridgehead atoms. The number of nitrogens with one attached hydrogen (secondary N) is 1. The number of likely N-dealkylation sites (tertiary alicyclic amines) is 1. The van der Waals surface area contributed by atoms with Crippen molar-refractivity contribution in [1.82, 2.24) is 4.90 Å². The van der Waals surface area contributed by atoms with E-state index in [-0.39, 0.29) is 29.2 Å². The second-order valence-electron chi connectivity index (χ2n) is 7.62. The second kappa shape index (κ2) is 6.39. The fourth-order valence-corrected chi connectivity index (χ4v) is 4.98. The van der Waals surface area contributed by atoms with Crippen molar-refractivity contribution in [2.75, 3.05) is 18.9 Å². The van der Waals surface area contributed by atoms with Crippen LogP contribution in [0.2, 0.25) is 0 Å². The summed E-state index contributed by atoms with van der Waals surface area (Å²) in [5, 5.41) is 2.95. The van der Waals surface area contributed by atoms with Gasteiger partial charge in [-0.1, -0.05) is 30.3 Å². The number of carbonyl (C=O) groups excluding carboxylic acids is 2. The standard InChI is InChI=1S/C23H19FN2O3/c1-26-13-16(14-8-10-15(24)11-9-14)20(21(27)19-7-4-12-29-19)23(26)17-5-2-3-6-18(17)25-22(23)28/h2-12,16,20H,13H2,1H3,(H,25,28)/t16-,20-,23+/m1/s1. The highest BCUT2D eigenvalue weighted by atomic mass is 19.1. The minimum absolute atomic E-state index is 0.217. The van der Waals surface area contributed by atoms with Gasteiger partial charge in [0.15, 0.2) is 5.76 Å². The van der Waals surface area contributed by atoms with Gasteiger partial charge in [-0.15, -0.1) is 0 Å². The van der Waals surface area contributed by atoms with Gasteiger partial charge in [-0.2, -0.15) is 0 Å². The number of halogens is 1. The van der Waals surface area contributed by atoms with E-state index in [1.165, 1.54) is 18.4 Å². The third kappa shape index (κ3) is 2.42. The number of carbonyl (C=O) groups is 2. The van der Waals surface area contributed by atoms with Crippen LogP contribution in [0.25, 0.3) is 0 Å². The van der Waals surface area contributed by atoms with Gasteiger partial charge in [0.25, 0.3) is 0 Å². The zero-order chi connectivity index (χ0) is 20.2. The number of nitrogens with zero attached hydrogens (tertiary/aromatic N) is 1. The van der Waals surface area contributed by atoms with Crippen LogP contribution >= 0.6 is 0 Å². The number of furan rings is 1. The van der Waals surface area contributed by atoms with Crippen molar-refractivity contribution in [3.63, 3.8) is 0 Å². The first kappa shape index (κ1) is 17.8. The van der Waals surface area contributed by atoms with Crippen LogP contribution in [-0.2, 0) is 10.3 Å². The molecule has 1 spiro atoms. The van der Waals surface area contributed by atoms with Crippen molar-refractivity contribution in [3.8, 4) is 0 Å². The minimum atomic E-state index is -1.15. The number of rotatable bonds is 3. The summed E-state index contributed by atoms with van der Waals surface area (Å²) < 4.78 is 18.9. The zero-order valence-electron chi connectivity index (χ0n) is 15.8. The van der Waals surface area contributed by atoms with Gasteiger partial charge in [0, 0.05) is 23.7 Å². The molecular formula is C23H19FN2O3. The fraction of sp³-hybridized carbons (Fsp3) is 0.217. The van der Waals surface area contributed by atoms with Crippen molar-refractivity contribution in [3.05, 3.63) is 89.6 Å². The lowest BCUT2D eigenvalue weighted by atomic mass is 9.71. The monoisotopic (exact) mass is 390 g/mol. The Balaban J connectivity index is 1.73. The van der Waals surface area contributed by atoms with E-state index in [0.29, 0.717) is 12.2 Å². The minimum Gasteiger partial charge on any atom is -0.461 e. The largest absolute Gasteiger partial charge is 0.461 e. The van der Waals surface area contributed by atoms with Crippen molar-refractivity contribution < 1.29 is 18.4 Å². The normalized spacial score (nSPS) is 25.9. The van der Waals surface area contributed by atoms with Crippen molar-refractivity contribution in [2.45, 2.75) is 11.5 Å². The van der Waals surface area contributed by atoms with Gasteiger partial charge in [-0.3, -0.25) is 14.5 Å². The first-order valence-corrected chi connectivity index (χ1v) is 9.49. The highest BCUT2D eigenvalue weighted by molar-refractivity contribution is 6.11. The molecule has 2 aliphatic heterocycles. The van der Waals surface area contributed by atoms with Crippen LogP contribution in [0.1, 0.15) is 27.6 Å². The molecule has 1 saturated heterocycles.